The Labute approximate surface area is 113 Å². The first-order chi connectivity index (χ1) is 8.51. The van der Waals surface area contributed by atoms with E-state index < -0.39 is 34.0 Å². The summed E-state index contributed by atoms with van der Waals surface area (Å²) in [6.07, 6.45) is -4.50. The quantitative estimate of drug-likeness (QED) is 0.871. The number of rotatable bonds is 3. The van der Waals surface area contributed by atoms with Crippen LogP contribution in [0.1, 0.15) is 45.1 Å². The van der Waals surface area contributed by atoms with E-state index in [0.717, 1.165) is 6.07 Å². The first-order valence-electron chi connectivity index (χ1n) is 5.60. The molecular formula is C11H16F3N3OS. The largest absolute Gasteiger partial charge is 0.598 e. The second-order valence-corrected chi connectivity index (χ2v) is 7.06. The molecule has 2 unspecified atom stereocenters. The van der Waals surface area contributed by atoms with Gasteiger partial charge in [-0.2, -0.15) is 18.3 Å². The molecular weight excluding hydrogens is 279 g/mol. The Hall–Kier alpha value is -0.860. The summed E-state index contributed by atoms with van der Waals surface area (Å²) in [5.74, 6) is 0. The summed E-state index contributed by atoms with van der Waals surface area (Å²) in [5, 5.41) is 6.64. The van der Waals surface area contributed by atoms with Crippen LogP contribution in [0.3, 0.4) is 0 Å². The molecule has 1 heterocycles. The molecule has 1 aromatic rings. The fourth-order valence-corrected chi connectivity index (χ4v) is 1.92. The molecule has 8 heteroatoms. The minimum atomic E-state index is -4.50. The van der Waals surface area contributed by atoms with Gasteiger partial charge < -0.3 is 4.55 Å². The number of nitrogens with one attached hydrogen (secondary N) is 1. The van der Waals surface area contributed by atoms with Gasteiger partial charge in [-0.3, -0.25) is 0 Å². The fourth-order valence-electron chi connectivity index (χ4n) is 1.12. The molecule has 0 saturated heterocycles. The number of nitrogens with zero attached hydrogens (tertiary/aromatic N) is 2. The molecule has 0 amide bonds. The van der Waals surface area contributed by atoms with E-state index in [2.05, 4.69) is 14.9 Å². The lowest BCUT2D eigenvalue weighted by atomic mass is 10.2. The van der Waals surface area contributed by atoms with Crippen molar-refractivity contribution in [2.75, 3.05) is 0 Å². The van der Waals surface area contributed by atoms with Gasteiger partial charge in [0, 0.05) is 11.4 Å². The third-order valence-corrected chi connectivity index (χ3v) is 3.94. The molecule has 0 aromatic carbocycles. The van der Waals surface area contributed by atoms with Crippen LogP contribution in [-0.2, 0) is 17.5 Å². The number of alkyl halides is 3. The fraction of sp³-hybridized carbons (Fsp3) is 0.636. The number of hydrogen-bond donors (Lipinski definition) is 1. The average molecular weight is 295 g/mol. The topological polar surface area (TPSA) is 60.9 Å². The van der Waals surface area contributed by atoms with Crippen molar-refractivity contribution in [1.82, 2.24) is 14.9 Å². The van der Waals surface area contributed by atoms with Crippen molar-refractivity contribution < 1.29 is 17.7 Å². The third kappa shape index (κ3) is 4.63. The van der Waals surface area contributed by atoms with Crippen molar-refractivity contribution in [2.24, 2.45) is 0 Å². The summed E-state index contributed by atoms with van der Waals surface area (Å²) in [6.45, 7) is 7.05. The van der Waals surface area contributed by atoms with Crippen LogP contribution < -0.4 is 4.72 Å². The lowest BCUT2D eigenvalue weighted by Gasteiger charge is -2.26. The molecule has 19 heavy (non-hydrogen) atoms. The summed E-state index contributed by atoms with van der Waals surface area (Å²) in [7, 11) is 0. The minimum Gasteiger partial charge on any atom is -0.598 e. The molecule has 4 nitrogen and oxygen atoms in total. The number of hydrogen-bond acceptors (Lipinski definition) is 4. The van der Waals surface area contributed by atoms with Gasteiger partial charge in [-0.1, -0.05) is 0 Å². The molecule has 108 valence electrons. The lowest BCUT2D eigenvalue weighted by molar-refractivity contribution is -0.141. The molecule has 1 rings (SSSR count). The predicted molar refractivity (Wildman–Crippen MR) is 66.5 cm³/mol. The molecule has 0 fully saturated rings. The molecule has 0 spiro atoms. The summed E-state index contributed by atoms with van der Waals surface area (Å²) >= 11 is -1.33. The van der Waals surface area contributed by atoms with Crippen molar-refractivity contribution in [3.05, 3.63) is 23.5 Å². The van der Waals surface area contributed by atoms with Crippen LogP contribution in [-0.4, -0.2) is 19.5 Å². The standard InChI is InChI=1S/C11H16F3N3OS/c1-7(17-19(18)10(2,3)4)8-5-6-9(16-15-8)11(12,13)14/h5-7,17H,1-4H3. The van der Waals surface area contributed by atoms with Crippen molar-refractivity contribution in [2.45, 2.75) is 44.7 Å². The van der Waals surface area contributed by atoms with Crippen molar-refractivity contribution >= 4 is 11.4 Å². The first kappa shape index (κ1) is 16.2. The molecule has 0 aliphatic heterocycles. The maximum absolute atomic E-state index is 12.3. The van der Waals surface area contributed by atoms with E-state index in [4.69, 9.17) is 0 Å². The number of aromatic nitrogens is 2. The molecule has 0 radical (unpaired) electrons. The van der Waals surface area contributed by atoms with Crippen molar-refractivity contribution in [3.63, 3.8) is 0 Å². The molecule has 1 N–H and O–H groups in total. The van der Waals surface area contributed by atoms with E-state index in [0.29, 0.717) is 5.69 Å². The molecule has 0 bridgehead atoms. The van der Waals surface area contributed by atoms with Gasteiger partial charge >= 0.3 is 6.18 Å². The third-order valence-electron chi connectivity index (χ3n) is 2.26. The highest BCUT2D eigenvalue weighted by Gasteiger charge is 2.33. The zero-order chi connectivity index (χ0) is 14.8. The summed E-state index contributed by atoms with van der Waals surface area (Å²) in [5.41, 5.74) is -0.731. The van der Waals surface area contributed by atoms with Crippen LogP contribution in [0, 0.1) is 0 Å². The Morgan fingerprint density at radius 1 is 1.21 bits per heavy atom. The minimum absolute atomic E-state index is 0.311. The van der Waals surface area contributed by atoms with Gasteiger partial charge in [0.25, 0.3) is 0 Å². The molecule has 1 aromatic heterocycles. The first-order valence-corrected chi connectivity index (χ1v) is 6.75. The van der Waals surface area contributed by atoms with Crippen molar-refractivity contribution in [1.29, 1.82) is 0 Å². The SMILES string of the molecule is CC(N[S+]([O-])C(C)(C)C)c1ccc(C(F)(F)F)nn1. The van der Waals surface area contributed by atoms with Gasteiger partial charge in [0.2, 0.25) is 0 Å². The zero-order valence-electron chi connectivity index (χ0n) is 11.1. The molecule has 2 atom stereocenters. The number of halogens is 3. The van der Waals surface area contributed by atoms with Gasteiger partial charge in [0.05, 0.1) is 11.7 Å². The Balaban J connectivity index is 2.76. The smallest absolute Gasteiger partial charge is 0.435 e. The Morgan fingerprint density at radius 3 is 2.16 bits per heavy atom. The maximum Gasteiger partial charge on any atom is 0.435 e. The highest BCUT2D eigenvalue weighted by atomic mass is 32.2. The second-order valence-electron chi connectivity index (χ2n) is 5.06. The van der Waals surface area contributed by atoms with Gasteiger partial charge in [0.1, 0.15) is 4.75 Å². The zero-order valence-corrected chi connectivity index (χ0v) is 11.9. The van der Waals surface area contributed by atoms with E-state index in [1.54, 1.807) is 27.7 Å². The van der Waals surface area contributed by atoms with Crippen LogP contribution in [0.25, 0.3) is 0 Å². The predicted octanol–water partition coefficient (Wildman–Crippen LogP) is 2.61. The maximum atomic E-state index is 12.3. The lowest BCUT2D eigenvalue weighted by Crippen LogP contribution is -2.40. The van der Waals surface area contributed by atoms with E-state index in [1.807, 2.05) is 0 Å². The van der Waals surface area contributed by atoms with Gasteiger partial charge in [-0.05, 0) is 39.8 Å². The van der Waals surface area contributed by atoms with Crippen LogP contribution in [0.5, 0.6) is 0 Å². The highest BCUT2D eigenvalue weighted by Crippen LogP contribution is 2.27. The molecule has 0 aliphatic rings. The van der Waals surface area contributed by atoms with E-state index in [-0.39, 0.29) is 0 Å². The van der Waals surface area contributed by atoms with Crippen LogP contribution in [0.2, 0.25) is 0 Å². The summed E-state index contributed by atoms with van der Waals surface area (Å²) < 4.78 is 51.1. The summed E-state index contributed by atoms with van der Waals surface area (Å²) in [6, 6.07) is 1.64. The molecule has 0 saturated carbocycles. The normalized spacial score (nSPS) is 16.2. The van der Waals surface area contributed by atoms with E-state index in [1.165, 1.54) is 6.07 Å². The van der Waals surface area contributed by atoms with Gasteiger partial charge in [-0.15, -0.1) is 9.82 Å². The van der Waals surface area contributed by atoms with Crippen LogP contribution in [0.4, 0.5) is 13.2 Å². The molecule has 0 aliphatic carbocycles. The summed E-state index contributed by atoms with van der Waals surface area (Å²) in [4.78, 5) is 0. The van der Waals surface area contributed by atoms with E-state index in [9.17, 15) is 17.7 Å². The highest BCUT2D eigenvalue weighted by molar-refractivity contribution is 7.90. The van der Waals surface area contributed by atoms with Crippen LogP contribution >= 0.6 is 0 Å². The Kier molecular flexibility index (Phi) is 4.81. The van der Waals surface area contributed by atoms with Crippen molar-refractivity contribution in [3.8, 4) is 0 Å². The monoisotopic (exact) mass is 295 g/mol. The second kappa shape index (κ2) is 5.64. The Morgan fingerprint density at radius 2 is 1.79 bits per heavy atom. The average Bonchev–Trinajstić information content (AvgIpc) is 2.26. The van der Waals surface area contributed by atoms with Crippen LogP contribution in [0.15, 0.2) is 12.1 Å². The van der Waals surface area contributed by atoms with Gasteiger partial charge in [-0.25, -0.2) is 0 Å². The Bertz CT molecular complexity index is 417. The van der Waals surface area contributed by atoms with Gasteiger partial charge in [0.15, 0.2) is 5.69 Å². The van der Waals surface area contributed by atoms with E-state index >= 15 is 0 Å².